The van der Waals surface area contributed by atoms with Gasteiger partial charge in [-0.3, -0.25) is 0 Å². The largest absolute Gasteiger partial charge is 0.383 e. The van der Waals surface area contributed by atoms with Crippen LogP contribution in [-0.2, 0) is 11.3 Å². The molecule has 0 bridgehead atoms. The number of anilines is 1. The second-order valence-corrected chi connectivity index (χ2v) is 6.26. The normalized spacial score (nSPS) is 20.5. The third-order valence-corrected chi connectivity index (χ3v) is 4.66. The molecule has 0 radical (unpaired) electrons. The van der Waals surface area contributed by atoms with Crippen molar-refractivity contribution in [3.63, 3.8) is 0 Å². The van der Waals surface area contributed by atoms with Crippen molar-refractivity contribution in [2.24, 2.45) is 0 Å². The van der Waals surface area contributed by atoms with Crippen molar-refractivity contribution in [3.8, 4) is 0 Å². The molecule has 4 nitrogen and oxygen atoms in total. The molecule has 5 heteroatoms. The van der Waals surface area contributed by atoms with Gasteiger partial charge in [0, 0.05) is 43.9 Å². The summed E-state index contributed by atoms with van der Waals surface area (Å²) in [6.07, 6.45) is 7.32. The topological polar surface area (TPSA) is 37.4 Å². The predicted octanol–water partition coefficient (Wildman–Crippen LogP) is 2.65. The number of aromatic nitrogens is 1. The highest BCUT2D eigenvalue weighted by Crippen LogP contribution is 2.28. The van der Waals surface area contributed by atoms with E-state index < -0.39 is 0 Å². The van der Waals surface area contributed by atoms with Crippen molar-refractivity contribution in [3.05, 3.63) is 11.1 Å². The van der Waals surface area contributed by atoms with Gasteiger partial charge in [0.05, 0.1) is 6.61 Å². The molecule has 0 spiro atoms. The van der Waals surface area contributed by atoms with Gasteiger partial charge in [0.25, 0.3) is 0 Å². The van der Waals surface area contributed by atoms with Gasteiger partial charge in [-0.1, -0.05) is 12.8 Å². The van der Waals surface area contributed by atoms with E-state index in [0.717, 1.165) is 26.2 Å². The minimum Gasteiger partial charge on any atom is -0.383 e. The summed E-state index contributed by atoms with van der Waals surface area (Å²) in [5.41, 5.74) is 0. The smallest absolute Gasteiger partial charge is 0.185 e. The number of ether oxygens (including phenoxy) is 1. The number of thiazole rings is 1. The lowest BCUT2D eigenvalue weighted by Crippen LogP contribution is -2.32. The molecule has 1 aromatic rings. The van der Waals surface area contributed by atoms with Crippen molar-refractivity contribution in [2.45, 2.75) is 45.2 Å². The number of nitrogens with one attached hydrogen (secondary N) is 1. The van der Waals surface area contributed by atoms with Gasteiger partial charge in [-0.05, 0) is 19.8 Å². The first-order chi connectivity index (χ1) is 9.31. The molecule has 2 rings (SSSR count). The lowest BCUT2D eigenvalue weighted by Gasteiger charge is -2.26. The van der Waals surface area contributed by atoms with E-state index >= 15 is 0 Å². The molecule has 1 aliphatic heterocycles. The molecule has 0 aromatic carbocycles. The minimum atomic E-state index is 0.628. The van der Waals surface area contributed by atoms with Crippen molar-refractivity contribution in [1.82, 2.24) is 10.3 Å². The molecule has 1 fully saturated rings. The van der Waals surface area contributed by atoms with Crippen LogP contribution >= 0.6 is 11.3 Å². The Morgan fingerprint density at radius 2 is 2.37 bits per heavy atom. The maximum atomic E-state index is 5.03. The molecule has 19 heavy (non-hydrogen) atoms. The van der Waals surface area contributed by atoms with Crippen molar-refractivity contribution in [1.29, 1.82) is 0 Å². The lowest BCUT2D eigenvalue weighted by molar-refractivity contribution is 0.199. The Bertz CT molecular complexity index is 369. The Balaban J connectivity index is 1.88. The van der Waals surface area contributed by atoms with Crippen LogP contribution in [0.5, 0.6) is 0 Å². The fraction of sp³-hybridized carbons (Fsp3) is 0.786. The van der Waals surface area contributed by atoms with Crippen molar-refractivity contribution >= 4 is 16.5 Å². The van der Waals surface area contributed by atoms with Gasteiger partial charge in [0.15, 0.2) is 5.13 Å². The summed E-state index contributed by atoms with van der Waals surface area (Å²) < 4.78 is 5.03. The van der Waals surface area contributed by atoms with E-state index in [2.05, 4.69) is 22.1 Å². The van der Waals surface area contributed by atoms with E-state index in [4.69, 9.17) is 4.74 Å². The first-order valence-electron chi connectivity index (χ1n) is 7.22. The second-order valence-electron chi connectivity index (χ2n) is 5.17. The molecule has 1 N–H and O–H groups in total. The lowest BCUT2D eigenvalue weighted by atomic mass is 10.1. The number of methoxy groups -OCH3 is 1. The summed E-state index contributed by atoms with van der Waals surface area (Å²) in [7, 11) is 1.73. The number of rotatable bonds is 6. The molecule has 1 saturated heterocycles. The quantitative estimate of drug-likeness (QED) is 0.815. The fourth-order valence-electron chi connectivity index (χ4n) is 2.46. The van der Waals surface area contributed by atoms with Crippen LogP contribution in [0, 0.1) is 0 Å². The zero-order valence-electron chi connectivity index (χ0n) is 12.0. The monoisotopic (exact) mass is 283 g/mol. The molecular weight excluding hydrogens is 258 g/mol. The molecule has 1 atom stereocenters. The SMILES string of the molecule is COCCNCc1cnc(N2CCCCCC2C)s1. The average molecular weight is 283 g/mol. The van der Waals surface area contributed by atoms with Gasteiger partial charge in [-0.25, -0.2) is 4.98 Å². The number of hydrogen-bond donors (Lipinski definition) is 1. The summed E-state index contributed by atoms with van der Waals surface area (Å²) >= 11 is 1.82. The van der Waals surface area contributed by atoms with Crippen LogP contribution in [0.25, 0.3) is 0 Å². The molecular formula is C14H25N3OS. The Morgan fingerprint density at radius 3 is 3.21 bits per heavy atom. The van der Waals surface area contributed by atoms with E-state index in [1.165, 1.54) is 35.7 Å². The van der Waals surface area contributed by atoms with E-state index in [-0.39, 0.29) is 0 Å². The van der Waals surface area contributed by atoms with Gasteiger partial charge >= 0.3 is 0 Å². The zero-order valence-corrected chi connectivity index (χ0v) is 12.8. The van der Waals surface area contributed by atoms with Crippen LogP contribution in [0.15, 0.2) is 6.20 Å². The predicted molar refractivity (Wildman–Crippen MR) is 81.0 cm³/mol. The van der Waals surface area contributed by atoms with E-state index in [1.807, 2.05) is 17.5 Å². The highest BCUT2D eigenvalue weighted by atomic mass is 32.1. The molecule has 1 aliphatic rings. The average Bonchev–Trinajstić information content (AvgIpc) is 2.77. The van der Waals surface area contributed by atoms with E-state index in [1.54, 1.807) is 7.11 Å². The standard InChI is InChI=1S/C14H25N3OS/c1-12-6-4-3-5-8-17(12)14-16-11-13(19-14)10-15-7-9-18-2/h11-12,15H,3-10H2,1-2H3. The Labute approximate surface area is 120 Å². The molecule has 2 heterocycles. The third-order valence-electron chi connectivity index (χ3n) is 3.62. The molecule has 1 unspecified atom stereocenters. The van der Waals surface area contributed by atoms with Gasteiger partial charge in [0.2, 0.25) is 0 Å². The summed E-state index contributed by atoms with van der Waals surface area (Å²) in [5, 5.41) is 4.56. The van der Waals surface area contributed by atoms with Crippen LogP contribution in [0.4, 0.5) is 5.13 Å². The molecule has 0 amide bonds. The Hall–Kier alpha value is -0.650. The van der Waals surface area contributed by atoms with Gasteiger partial charge < -0.3 is 15.0 Å². The van der Waals surface area contributed by atoms with Crippen molar-refractivity contribution in [2.75, 3.05) is 31.7 Å². The maximum absolute atomic E-state index is 5.03. The summed E-state index contributed by atoms with van der Waals surface area (Å²) in [6.45, 7) is 6.02. The highest BCUT2D eigenvalue weighted by molar-refractivity contribution is 7.15. The minimum absolute atomic E-state index is 0.628. The van der Waals surface area contributed by atoms with Crippen molar-refractivity contribution < 1.29 is 4.74 Å². The Morgan fingerprint density at radius 1 is 1.47 bits per heavy atom. The fourth-order valence-corrected chi connectivity index (χ4v) is 3.46. The summed E-state index contributed by atoms with van der Waals surface area (Å²) in [6, 6.07) is 0.628. The molecule has 108 valence electrons. The van der Waals surface area contributed by atoms with Crippen LogP contribution in [0.1, 0.15) is 37.5 Å². The third kappa shape index (κ3) is 4.44. The molecule has 1 aromatic heterocycles. The van der Waals surface area contributed by atoms with Crippen LogP contribution in [0.3, 0.4) is 0 Å². The number of hydrogen-bond acceptors (Lipinski definition) is 5. The van der Waals surface area contributed by atoms with E-state index in [9.17, 15) is 0 Å². The summed E-state index contributed by atoms with van der Waals surface area (Å²) in [5.74, 6) is 0. The van der Waals surface area contributed by atoms with Crippen LogP contribution in [0.2, 0.25) is 0 Å². The maximum Gasteiger partial charge on any atom is 0.185 e. The van der Waals surface area contributed by atoms with Gasteiger partial charge in [0.1, 0.15) is 0 Å². The number of nitrogens with zero attached hydrogens (tertiary/aromatic N) is 2. The first-order valence-corrected chi connectivity index (χ1v) is 8.04. The van der Waals surface area contributed by atoms with Gasteiger partial charge in [-0.2, -0.15) is 0 Å². The van der Waals surface area contributed by atoms with E-state index in [0.29, 0.717) is 6.04 Å². The first kappa shape index (κ1) is 14.8. The second kappa shape index (κ2) is 7.82. The summed E-state index contributed by atoms with van der Waals surface area (Å²) in [4.78, 5) is 8.39. The molecule has 0 aliphatic carbocycles. The highest BCUT2D eigenvalue weighted by Gasteiger charge is 2.19. The van der Waals surface area contributed by atoms with Gasteiger partial charge in [-0.15, -0.1) is 11.3 Å². The zero-order chi connectivity index (χ0) is 13.5. The van der Waals surface area contributed by atoms with Crippen LogP contribution < -0.4 is 10.2 Å². The Kier molecular flexibility index (Phi) is 6.07. The van der Waals surface area contributed by atoms with Crippen LogP contribution in [-0.4, -0.2) is 37.8 Å². The molecule has 0 saturated carbocycles.